The molecule has 1 N–H and O–H groups in total. The fourth-order valence-corrected chi connectivity index (χ4v) is 2.80. The Morgan fingerprint density at radius 2 is 2.39 bits per heavy atom. The molecule has 0 spiro atoms. The summed E-state index contributed by atoms with van der Waals surface area (Å²) in [6.07, 6.45) is 3.61. The number of nitrogens with zero attached hydrogens (tertiary/aromatic N) is 2. The number of thioether (sulfide) groups is 1. The number of thiophene rings is 1. The van der Waals surface area contributed by atoms with Crippen molar-refractivity contribution in [3.63, 3.8) is 0 Å². The van der Waals surface area contributed by atoms with Gasteiger partial charge in [-0.15, -0.1) is 11.3 Å². The van der Waals surface area contributed by atoms with Crippen molar-refractivity contribution in [2.75, 3.05) is 17.3 Å². The van der Waals surface area contributed by atoms with Gasteiger partial charge in [0.1, 0.15) is 5.82 Å². The van der Waals surface area contributed by atoms with Gasteiger partial charge in [-0.25, -0.2) is 4.68 Å². The number of aromatic nitrogens is 2. The summed E-state index contributed by atoms with van der Waals surface area (Å²) in [6, 6.07) is 3.91. The van der Waals surface area contributed by atoms with Gasteiger partial charge in [0, 0.05) is 10.9 Å². The molecule has 0 radical (unpaired) electrons. The normalized spacial score (nSPS) is 10.6. The summed E-state index contributed by atoms with van der Waals surface area (Å²) < 4.78 is 1.82. The number of carbonyl (C=O) groups is 1. The summed E-state index contributed by atoms with van der Waals surface area (Å²) in [4.78, 5) is 12.8. The number of amides is 1. The first kappa shape index (κ1) is 13.2. The minimum absolute atomic E-state index is 0.00662. The molecule has 0 aromatic carbocycles. The Morgan fingerprint density at radius 1 is 1.56 bits per heavy atom. The number of rotatable bonds is 5. The van der Waals surface area contributed by atoms with Crippen LogP contribution in [0, 0.1) is 6.92 Å². The van der Waals surface area contributed by atoms with Crippen LogP contribution in [0.15, 0.2) is 23.7 Å². The van der Waals surface area contributed by atoms with E-state index < -0.39 is 0 Å². The van der Waals surface area contributed by atoms with Crippen LogP contribution in [-0.4, -0.2) is 27.7 Å². The second kappa shape index (κ2) is 6.06. The summed E-state index contributed by atoms with van der Waals surface area (Å²) in [5.74, 6) is 1.22. The molecule has 4 nitrogen and oxygen atoms in total. The standard InChI is InChI=1S/C12H15N3OS2/c1-9-4-6-18-10(9)7-15-11(3-5-13-15)14-12(16)8-17-2/h3-6H,7-8H2,1-2H3,(H,14,16). The van der Waals surface area contributed by atoms with Gasteiger partial charge < -0.3 is 5.32 Å². The first-order chi connectivity index (χ1) is 8.70. The van der Waals surface area contributed by atoms with Crippen molar-refractivity contribution in [3.05, 3.63) is 34.2 Å². The molecule has 0 atom stereocenters. The van der Waals surface area contributed by atoms with Gasteiger partial charge in [0.15, 0.2) is 0 Å². The molecular formula is C12H15N3OS2. The van der Waals surface area contributed by atoms with Crippen molar-refractivity contribution >= 4 is 34.8 Å². The van der Waals surface area contributed by atoms with Gasteiger partial charge in [-0.1, -0.05) is 0 Å². The SMILES string of the molecule is CSCC(=O)Nc1ccnn1Cc1sccc1C. The number of aryl methyl sites for hydroxylation is 1. The van der Waals surface area contributed by atoms with Crippen molar-refractivity contribution in [2.45, 2.75) is 13.5 Å². The molecule has 1 amide bonds. The highest BCUT2D eigenvalue weighted by Crippen LogP contribution is 2.18. The molecule has 2 heterocycles. The highest BCUT2D eigenvalue weighted by molar-refractivity contribution is 7.99. The van der Waals surface area contributed by atoms with Gasteiger partial charge in [-0.2, -0.15) is 16.9 Å². The zero-order valence-corrected chi connectivity index (χ0v) is 12.0. The third-order valence-corrected chi connectivity index (χ3v) is 4.08. The van der Waals surface area contributed by atoms with Crippen LogP contribution in [0.4, 0.5) is 5.82 Å². The summed E-state index contributed by atoms with van der Waals surface area (Å²) in [7, 11) is 0. The largest absolute Gasteiger partial charge is 0.310 e. The number of nitrogens with one attached hydrogen (secondary N) is 1. The summed E-state index contributed by atoms with van der Waals surface area (Å²) >= 11 is 3.21. The van der Waals surface area contributed by atoms with Crippen LogP contribution in [-0.2, 0) is 11.3 Å². The molecule has 0 aliphatic carbocycles. The molecule has 0 bridgehead atoms. The molecular weight excluding hydrogens is 266 g/mol. The van der Waals surface area contributed by atoms with E-state index in [0.717, 1.165) is 5.82 Å². The third-order valence-electron chi connectivity index (χ3n) is 2.52. The molecule has 0 saturated carbocycles. The Kier molecular flexibility index (Phi) is 4.43. The van der Waals surface area contributed by atoms with E-state index >= 15 is 0 Å². The van der Waals surface area contributed by atoms with Gasteiger partial charge in [0.25, 0.3) is 0 Å². The minimum Gasteiger partial charge on any atom is -0.310 e. The van der Waals surface area contributed by atoms with Crippen LogP contribution in [0.1, 0.15) is 10.4 Å². The number of hydrogen-bond acceptors (Lipinski definition) is 4. The maximum Gasteiger partial charge on any atom is 0.235 e. The molecule has 2 aromatic heterocycles. The summed E-state index contributed by atoms with van der Waals surface area (Å²) in [6.45, 7) is 2.78. The lowest BCUT2D eigenvalue weighted by atomic mass is 10.3. The van der Waals surface area contributed by atoms with E-state index in [0.29, 0.717) is 12.3 Å². The van der Waals surface area contributed by atoms with Gasteiger partial charge in [-0.3, -0.25) is 4.79 Å². The van der Waals surface area contributed by atoms with Crippen LogP contribution in [0.5, 0.6) is 0 Å². The van der Waals surface area contributed by atoms with E-state index in [1.54, 1.807) is 17.5 Å². The smallest absolute Gasteiger partial charge is 0.235 e. The highest BCUT2D eigenvalue weighted by Gasteiger charge is 2.08. The highest BCUT2D eigenvalue weighted by atomic mass is 32.2. The predicted octanol–water partition coefficient (Wildman–Crippen LogP) is 2.60. The van der Waals surface area contributed by atoms with Crippen molar-refractivity contribution in [3.8, 4) is 0 Å². The minimum atomic E-state index is 0.00662. The Labute approximate surface area is 114 Å². The van der Waals surface area contributed by atoms with E-state index in [-0.39, 0.29) is 5.91 Å². The fraction of sp³-hybridized carbons (Fsp3) is 0.333. The first-order valence-electron chi connectivity index (χ1n) is 5.54. The monoisotopic (exact) mass is 281 g/mol. The lowest BCUT2D eigenvalue weighted by molar-refractivity contribution is -0.113. The van der Waals surface area contributed by atoms with E-state index in [9.17, 15) is 4.79 Å². The van der Waals surface area contributed by atoms with Crippen molar-refractivity contribution in [2.24, 2.45) is 0 Å². The van der Waals surface area contributed by atoms with Gasteiger partial charge in [0.2, 0.25) is 5.91 Å². The maximum atomic E-state index is 11.6. The van der Waals surface area contributed by atoms with E-state index in [4.69, 9.17) is 0 Å². The lowest BCUT2D eigenvalue weighted by Gasteiger charge is -2.08. The summed E-state index contributed by atoms with van der Waals surface area (Å²) in [5, 5.41) is 9.19. The van der Waals surface area contributed by atoms with Crippen LogP contribution >= 0.6 is 23.1 Å². The van der Waals surface area contributed by atoms with Gasteiger partial charge in [-0.05, 0) is 30.2 Å². The molecule has 2 rings (SSSR count). The van der Waals surface area contributed by atoms with Crippen LogP contribution in [0.2, 0.25) is 0 Å². The molecule has 0 aliphatic heterocycles. The van der Waals surface area contributed by atoms with Gasteiger partial charge >= 0.3 is 0 Å². The first-order valence-corrected chi connectivity index (χ1v) is 7.81. The molecule has 0 fully saturated rings. The Balaban J connectivity index is 2.08. The van der Waals surface area contributed by atoms with E-state index in [1.165, 1.54) is 22.2 Å². The van der Waals surface area contributed by atoms with Crippen LogP contribution in [0.25, 0.3) is 0 Å². The second-order valence-electron chi connectivity index (χ2n) is 3.88. The van der Waals surface area contributed by atoms with Crippen molar-refractivity contribution < 1.29 is 4.79 Å². The molecule has 0 unspecified atom stereocenters. The predicted molar refractivity (Wildman–Crippen MR) is 77.4 cm³/mol. The Morgan fingerprint density at radius 3 is 3.06 bits per heavy atom. The average molecular weight is 281 g/mol. The number of hydrogen-bond donors (Lipinski definition) is 1. The fourth-order valence-electron chi connectivity index (χ4n) is 1.58. The summed E-state index contributed by atoms with van der Waals surface area (Å²) in [5.41, 5.74) is 1.26. The molecule has 0 saturated heterocycles. The number of anilines is 1. The Hall–Kier alpha value is -1.27. The molecule has 6 heteroatoms. The number of carbonyl (C=O) groups excluding carboxylic acids is 1. The van der Waals surface area contributed by atoms with Crippen molar-refractivity contribution in [1.29, 1.82) is 0 Å². The van der Waals surface area contributed by atoms with Crippen LogP contribution in [0.3, 0.4) is 0 Å². The zero-order valence-electron chi connectivity index (χ0n) is 10.3. The molecule has 18 heavy (non-hydrogen) atoms. The maximum absolute atomic E-state index is 11.6. The van der Waals surface area contributed by atoms with E-state index in [2.05, 4.69) is 28.8 Å². The molecule has 96 valence electrons. The van der Waals surface area contributed by atoms with Gasteiger partial charge in [0.05, 0.1) is 18.5 Å². The molecule has 0 aliphatic rings. The zero-order chi connectivity index (χ0) is 13.0. The quantitative estimate of drug-likeness (QED) is 0.916. The Bertz CT molecular complexity index is 533. The lowest BCUT2D eigenvalue weighted by Crippen LogP contribution is -2.17. The average Bonchev–Trinajstić information content (AvgIpc) is 2.91. The van der Waals surface area contributed by atoms with Crippen molar-refractivity contribution in [1.82, 2.24) is 9.78 Å². The van der Waals surface area contributed by atoms with Crippen LogP contribution < -0.4 is 5.32 Å². The second-order valence-corrected chi connectivity index (χ2v) is 5.75. The van der Waals surface area contributed by atoms with E-state index in [1.807, 2.05) is 17.0 Å². The molecule has 2 aromatic rings. The topological polar surface area (TPSA) is 46.9 Å². The third kappa shape index (κ3) is 3.14.